The highest BCUT2D eigenvalue weighted by molar-refractivity contribution is 5.97. The van der Waals surface area contributed by atoms with E-state index in [9.17, 15) is 9.59 Å². The standard InChI is InChI=1S/C10H12N2O3/c1-10(2,9(14)15)12-8(13)7-3-5-11-6-4-7/h3-6H,1-2H3,(H,12,13)(H,14,15). The number of nitrogens with one attached hydrogen (secondary N) is 1. The molecule has 15 heavy (non-hydrogen) atoms. The molecule has 0 bridgehead atoms. The van der Waals surface area contributed by atoms with E-state index in [0.717, 1.165) is 0 Å². The highest BCUT2D eigenvalue weighted by atomic mass is 16.4. The number of pyridine rings is 1. The van der Waals surface area contributed by atoms with Crippen LogP contribution in [0.15, 0.2) is 24.5 Å². The van der Waals surface area contributed by atoms with Crippen molar-refractivity contribution in [2.24, 2.45) is 0 Å². The summed E-state index contributed by atoms with van der Waals surface area (Å²) >= 11 is 0. The maximum atomic E-state index is 11.6. The highest BCUT2D eigenvalue weighted by Gasteiger charge is 2.29. The molecule has 1 aromatic rings. The fourth-order valence-corrected chi connectivity index (χ4v) is 0.913. The van der Waals surface area contributed by atoms with E-state index in [4.69, 9.17) is 5.11 Å². The monoisotopic (exact) mass is 208 g/mol. The van der Waals surface area contributed by atoms with Crippen LogP contribution < -0.4 is 5.32 Å². The third-order valence-corrected chi connectivity index (χ3v) is 1.90. The number of carbonyl (C=O) groups is 2. The van der Waals surface area contributed by atoms with E-state index in [-0.39, 0.29) is 0 Å². The topological polar surface area (TPSA) is 79.3 Å². The predicted octanol–water partition coefficient (Wildman–Crippen LogP) is 0.675. The number of nitrogens with zero attached hydrogens (tertiary/aromatic N) is 1. The first-order valence-corrected chi connectivity index (χ1v) is 4.39. The second-order valence-electron chi connectivity index (χ2n) is 3.62. The van der Waals surface area contributed by atoms with E-state index in [1.54, 1.807) is 0 Å². The number of carboxylic acid groups (broad SMARTS) is 1. The molecule has 0 unspecified atom stereocenters. The molecule has 1 amide bonds. The second-order valence-corrected chi connectivity index (χ2v) is 3.62. The second kappa shape index (κ2) is 4.08. The summed E-state index contributed by atoms with van der Waals surface area (Å²) in [5.74, 6) is -1.50. The van der Waals surface area contributed by atoms with Gasteiger partial charge in [-0.25, -0.2) is 4.79 Å². The lowest BCUT2D eigenvalue weighted by Crippen LogP contribution is -2.49. The SMILES string of the molecule is CC(C)(NC(=O)c1ccncc1)C(=O)O. The molecule has 0 saturated heterocycles. The predicted molar refractivity (Wildman–Crippen MR) is 53.4 cm³/mol. The fraction of sp³-hybridized carbons (Fsp3) is 0.300. The minimum Gasteiger partial charge on any atom is -0.480 e. The first-order chi connectivity index (χ1) is 6.93. The van der Waals surface area contributed by atoms with Gasteiger partial charge in [0.2, 0.25) is 0 Å². The molecule has 0 radical (unpaired) electrons. The lowest BCUT2D eigenvalue weighted by molar-refractivity contribution is -0.143. The third kappa shape index (κ3) is 2.77. The molecule has 0 fully saturated rings. The molecular formula is C10H12N2O3. The molecule has 0 aliphatic carbocycles. The fourth-order valence-electron chi connectivity index (χ4n) is 0.913. The summed E-state index contributed by atoms with van der Waals surface area (Å²) in [7, 11) is 0. The lowest BCUT2D eigenvalue weighted by atomic mass is 10.1. The van der Waals surface area contributed by atoms with Gasteiger partial charge in [0.1, 0.15) is 5.54 Å². The maximum absolute atomic E-state index is 11.6. The van der Waals surface area contributed by atoms with Crippen molar-refractivity contribution < 1.29 is 14.7 Å². The number of hydrogen-bond acceptors (Lipinski definition) is 3. The van der Waals surface area contributed by atoms with Crippen LogP contribution in [0.4, 0.5) is 0 Å². The Morgan fingerprint density at radius 2 is 1.87 bits per heavy atom. The van der Waals surface area contributed by atoms with Gasteiger partial charge in [-0.3, -0.25) is 9.78 Å². The molecule has 1 aromatic heterocycles. The molecule has 2 N–H and O–H groups in total. The highest BCUT2D eigenvalue weighted by Crippen LogP contribution is 2.05. The van der Waals surface area contributed by atoms with Crippen LogP contribution in [-0.4, -0.2) is 27.5 Å². The summed E-state index contributed by atoms with van der Waals surface area (Å²) in [6.45, 7) is 2.85. The molecule has 0 saturated carbocycles. The maximum Gasteiger partial charge on any atom is 0.328 e. The van der Waals surface area contributed by atoms with Crippen molar-refractivity contribution in [1.29, 1.82) is 0 Å². The summed E-state index contributed by atoms with van der Waals surface area (Å²) in [6, 6.07) is 3.04. The Kier molecular flexibility index (Phi) is 3.04. The Hall–Kier alpha value is -1.91. The quantitative estimate of drug-likeness (QED) is 0.765. The van der Waals surface area contributed by atoms with Crippen molar-refractivity contribution in [2.45, 2.75) is 19.4 Å². The first-order valence-electron chi connectivity index (χ1n) is 4.39. The molecular weight excluding hydrogens is 196 g/mol. The largest absolute Gasteiger partial charge is 0.480 e. The number of carbonyl (C=O) groups excluding carboxylic acids is 1. The number of hydrogen-bond donors (Lipinski definition) is 2. The number of rotatable bonds is 3. The van der Waals surface area contributed by atoms with Crippen LogP contribution in [0.25, 0.3) is 0 Å². The van der Waals surface area contributed by atoms with Gasteiger partial charge in [0.15, 0.2) is 0 Å². The zero-order chi connectivity index (χ0) is 11.5. The van der Waals surface area contributed by atoms with Crippen LogP contribution in [0.2, 0.25) is 0 Å². The molecule has 0 spiro atoms. The van der Waals surface area contributed by atoms with Gasteiger partial charge in [-0.05, 0) is 26.0 Å². The zero-order valence-corrected chi connectivity index (χ0v) is 8.52. The number of carboxylic acids is 1. The van der Waals surface area contributed by atoms with Gasteiger partial charge in [0.05, 0.1) is 0 Å². The van der Waals surface area contributed by atoms with Crippen LogP contribution in [0, 0.1) is 0 Å². The number of aliphatic carboxylic acids is 1. The molecule has 1 rings (SSSR count). The van der Waals surface area contributed by atoms with Crippen molar-refractivity contribution in [3.63, 3.8) is 0 Å². The average molecular weight is 208 g/mol. The Morgan fingerprint density at radius 1 is 1.33 bits per heavy atom. The van der Waals surface area contributed by atoms with Crippen molar-refractivity contribution in [3.05, 3.63) is 30.1 Å². The Balaban J connectivity index is 2.77. The average Bonchev–Trinajstić information content (AvgIpc) is 2.18. The van der Waals surface area contributed by atoms with E-state index in [2.05, 4.69) is 10.3 Å². The van der Waals surface area contributed by atoms with Crippen molar-refractivity contribution >= 4 is 11.9 Å². The Bertz CT molecular complexity index is 374. The smallest absolute Gasteiger partial charge is 0.328 e. The van der Waals surface area contributed by atoms with Crippen LogP contribution in [0.5, 0.6) is 0 Å². The molecule has 80 valence electrons. The van der Waals surface area contributed by atoms with Gasteiger partial charge < -0.3 is 10.4 Å². The van der Waals surface area contributed by atoms with Gasteiger partial charge in [-0.2, -0.15) is 0 Å². The minimum absolute atomic E-state index is 0.388. The molecule has 5 nitrogen and oxygen atoms in total. The van der Waals surface area contributed by atoms with Crippen LogP contribution >= 0.6 is 0 Å². The van der Waals surface area contributed by atoms with E-state index < -0.39 is 17.4 Å². The van der Waals surface area contributed by atoms with Gasteiger partial charge in [0.25, 0.3) is 5.91 Å². The van der Waals surface area contributed by atoms with Crippen LogP contribution in [0.3, 0.4) is 0 Å². The van der Waals surface area contributed by atoms with Crippen molar-refractivity contribution in [1.82, 2.24) is 10.3 Å². The van der Waals surface area contributed by atoms with Gasteiger partial charge >= 0.3 is 5.97 Å². The molecule has 0 aliphatic heterocycles. The summed E-state index contributed by atoms with van der Waals surface area (Å²) in [5, 5.41) is 11.2. The van der Waals surface area contributed by atoms with Gasteiger partial charge in [-0.15, -0.1) is 0 Å². The van der Waals surface area contributed by atoms with E-state index in [0.29, 0.717) is 5.56 Å². The lowest BCUT2D eigenvalue weighted by Gasteiger charge is -2.20. The van der Waals surface area contributed by atoms with Crippen molar-refractivity contribution in [2.75, 3.05) is 0 Å². The molecule has 0 aromatic carbocycles. The zero-order valence-electron chi connectivity index (χ0n) is 8.52. The Morgan fingerprint density at radius 3 is 2.33 bits per heavy atom. The summed E-state index contributed by atoms with van der Waals surface area (Å²) < 4.78 is 0. The van der Waals surface area contributed by atoms with Crippen molar-refractivity contribution in [3.8, 4) is 0 Å². The summed E-state index contributed by atoms with van der Waals surface area (Å²) in [6.07, 6.45) is 2.95. The minimum atomic E-state index is -1.28. The molecule has 0 atom stereocenters. The molecule has 1 heterocycles. The van der Waals surface area contributed by atoms with Gasteiger partial charge in [-0.1, -0.05) is 0 Å². The summed E-state index contributed by atoms with van der Waals surface area (Å²) in [5.41, 5.74) is -0.889. The summed E-state index contributed by atoms with van der Waals surface area (Å²) in [4.78, 5) is 26.1. The van der Waals surface area contributed by atoms with Crippen LogP contribution in [0.1, 0.15) is 24.2 Å². The molecule has 5 heteroatoms. The van der Waals surface area contributed by atoms with Gasteiger partial charge in [0, 0.05) is 18.0 Å². The first kappa shape index (κ1) is 11.2. The Labute approximate surface area is 87.1 Å². The van der Waals surface area contributed by atoms with E-state index >= 15 is 0 Å². The van der Waals surface area contributed by atoms with E-state index in [1.165, 1.54) is 38.4 Å². The normalized spacial score (nSPS) is 10.8. The number of aromatic nitrogens is 1. The molecule has 0 aliphatic rings. The van der Waals surface area contributed by atoms with Crippen LogP contribution in [-0.2, 0) is 4.79 Å². The number of amides is 1. The van der Waals surface area contributed by atoms with E-state index in [1.807, 2.05) is 0 Å². The third-order valence-electron chi connectivity index (χ3n) is 1.90.